The zero-order chi connectivity index (χ0) is 19.8. The van der Waals surface area contributed by atoms with Crippen molar-refractivity contribution in [1.29, 1.82) is 0 Å². The highest BCUT2D eigenvalue weighted by Crippen LogP contribution is 2.33. The summed E-state index contributed by atoms with van der Waals surface area (Å²) in [4.78, 5) is 16.7. The molecule has 0 saturated carbocycles. The van der Waals surface area contributed by atoms with Crippen LogP contribution in [0.15, 0.2) is 41.5 Å². The summed E-state index contributed by atoms with van der Waals surface area (Å²) in [6.07, 6.45) is -1.84. The normalized spacial score (nSPS) is 11.8. The Morgan fingerprint density at radius 1 is 1.19 bits per heavy atom. The van der Waals surface area contributed by atoms with Crippen molar-refractivity contribution in [2.45, 2.75) is 25.9 Å². The molecule has 0 saturated heterocycles. The molecule has 4 nitrogen and oxygen atoms in total. The number of fused-ring (bicyclic) bond motifs is 1. The molecule has 0 bridgehead atoms. The molecule has 1 heterocycles. The Hall–Kier alpha value is -2.25. The summed E-state index contributed by atoms with van der Waals surface area (Å²) < 4.78 is 40.1. The third-order valence-corrected chi connectivity index (χ3v) is 4.50. The van der Waals surface area contributed by atoms with Crippen molar-refractivity contribution < 1.29 is 13.2 Å². The predicted molar refractivity (Wildman–Crippen MR) is 100 cm³/mol. The largest absolute Gasteiger partial charge is 0.416 e. The molecule has 9 heteroatoms. The molecule has 0 spiro atoms. The Labute approximate surface area is 162 Å². The molecule has 0 amide bonds. The van der Waals surface area contributed by atoms with E-state index in [-0.39, 0.29) is 15.9 Å². The molecule has 0 unspecified atom stereocenters. The van der Waals surface area contributed by atoms with Crippen LogP contribution in [0.5, 0.6) is 0 Å². The molecule has 0 radical (unpaired) electrons. The second kappa shape index (κ2) is 7.40. The molecule has 0 aliphatic heterocycles. The first-order valence-corrected chi connectivity index (χ1v) is 8.80. The predicted octanol–water partition coefficient (Wildman–Crippen LogP) is 5.55. The van der Waals surface area contributed by atoms with Crippen molar-refractivity contribution in [1.82, 2.24) is 9.66 Å². The van der Waals surface area contributed by atoms with E-state index in [1.165, 1.54) is 6.33 Å². The fraction of sp³-hybridized carbons (Fsp3) is 0.222. The molecule has 1 aromatic heterocycles. The van der Waals surface area contributed by atoms with Gasteiger partial charge in [-0.3, -0.25) is 10.2 Å². The van der Waals surface area contributed by atoms with Crippen molar-refractivity contribution in [3.63, 3.8) is 0 Å². The van der Waals surface area contributed by atoms with Gasteiger partial charge in [0, 0.05) is 5.02 Å². The number of halogens is 5. The third kappa shape index (κ3) is 4.04. The molecular weight excluding hydrogens is 402 g/mol. The Morgan fingerprint density at radius 2 is 1.93 bits per heavy atom. The van der Waals surface area contributed by atoms with Gasteiger partial charge in [-0.05, 0) is 36.2 Å². The zero-order valence-electron chi connectivity index (χ0n) is 14.1. The van der Waals surface area contributed by atoms with Crippen LogP contribution in [0.3, 0.4) is 0 Å². The summed E-state index contributed by atoms with van der Waals surface area (Å²) in [5.74, 6) is 0. The van der Waals surface area contributed by atoms with Crippen LogP contribution in [0.25, 0.3) is 10.9 Å². The van der Waals surface area contributed by atoms with Crippen LogP contribution >= 0.6 is 23.2 Å². The Kier molecular flexibility index (Phi) is 5.35. The van der Waals surface area contributed by atoms with Gasteiger partial charge in [-0.15, -0.1) is 0 Å². The average Bonchev–Trinajstić information content (AvgIpc) is 2.59. The van der Waals surface area contributed by atoms with E-state index in [0.717, 1.165) is 35.2 Å². The minimum absolute atomic E-state index is 0.00703. The highest BCUT2D eigenvalue weighted by atomic mass is 35.5. The molecule has 3 aromatic rings. The number of aryl methyl sites for hydroxylation is 1. The van der Waals surface area contributed by atoms with Gasteiger partial charge in [-0.2, -0.15) is 13.2 Å². The molecule has 0 aliphatic carbocycles. The molecule has 2 aromatic carbocycles. The number of aromatic nitrogens is 2. The van der Waals surface area contributed by atoms with Crippen LogP contribution in [0.2, 0.25) is 10.0 Å². The number of anilines is 1. The van der Waals surface area contributed by atoms with Crippen molar-refractivity contribution in [3.05, 3.63) is 68.2 Å². The summed E-state index contributed by atoms with van der Waals surface area (Å²) >= 11 is 11.9. The maximum absolute atomic E-state index is 13.0. The molecule has 0 fully saturated rings. The van der Waals surface area contributed by atoms with Crippen molar-refractivity contribution in [3.8, 4) is 0 Å². The van der Waals surface area contributed by atoms with E-state index in [9.17, 15) is 18.0 Å². The van der Waals surface area contributed by atoms with E-state index in [2.05, 4.69) is 10.4 Å². The summed E-state index contributed by atoms with van der Waals surface area (Å²) in [6, 6.07) is 6.70. The van der Waals surface area contributed by atoms with E-state index < -0.39 is 17.3 Å². The van der Waals surface area contributed by atoms with Crippen LogP contribution in [-0.4, -0.2) is 9.66 Å². The van der Waals surface area contributed by atoms with Gasteiger partial charge in [-0.25, -0.2) is 9.66 Å². The number of nitrogens with one attached hydrogen (secondary N) is 1. The van der Waals surface area contributed by atoms with Gasteiger partial charge in [0.25, 0.3) is 5.56 Å². The lowest BCUT2D eigenvalue weighted by molar-refractivity contribution is -0.137. The minimum atomic E-state index is -4.63. The highest BCUT2D eigenvalue weighted by Gasteiger charge is 2.32. The number of benzene rings is 2. The fourth-order valence-corrected chi connectivity index (χ4v) is 3.14. The first kappa shape index (κ1) is 19.5. The van der Waals surface area contributed by atoms with E-state index in [0.29, 0.717) is 10.7 Å². The van der Waals surface area contributed by atoms with Crippen molar-refractivity contribution in [2.75, 3.05) is 5.43 Å². The van der Waals surface area contributed by atoms with Crippen LogP contribution in [0, 0.1) is 0 Å². The number of hydrogen-bond acceptors (Lipinski definition) is 3. The number of nitrogens with zero attached hydrogens (tertiary/aromatic N) is 2. The smallest absolute Gasteiger partial charge is 0.290 e. The topological polar surface area (TPSA) is 46.9 Å². The molecule has 142 valence electrons. The van der Waals surface area contributed by atoms with E-state index >= 15 is 0 Å². The lowest BCUT2D eigenvalue weighted by atomic mass is 10.1. The first-order valence-electron chi connectivity index (χ1n) is 8.04. The van der Waals surface area contributed by atoms with Crippen LogP contribution in [-0.2, 0) is 12.6 Å². The summed E-state index contributed by atoms with van der Waals surface area (Å²) in [7, 11) is 0. The lowest BCUT2D eigenvalue weighted by Gasteiger charge is -2.15. The molecule has 0 aliphatic rings. The Balaban J connectivity index is 2.13. The Bertz CT molecular complexity index is 1060. The van der Waals surface area contributed by atoms with E-state index in [4.69, 9.17) is 23.2 Å². The Morgan fingerprint density at radius 3 is 2.59 bits per heavy atom. The number of rotatable bonds is 4. The second-order valence-electron chi connectivity index (χ2n) is 5.93. The first-order chi connectivity index (χ1) is 12.7. The average molecular weight is 416 g/mol. The van der Waals surface area contributed by atoms with Gasteiger partial charge in [0.2, 0.25) is 0 Å². The molecule has 0 atom stereocenters. The van der Waals surface area contributed by atoms with Gasteiger partial charge < -0.3 is 0 Å². The molecular formula is C18H14Cl2F3N3O. The maximum atomic E-state index is 13.0. The van der Waals surface area contributed by atoms with Crippen molar-refractivity contribution >= 4 is 39.8 Å². The van der Waals surface area contributed by atoms with Gasteiger partial charge in [0.1, 0.15) is 6.33 Å². The fourth-order valence-electron chi connectivity index (χ4n) is 2.70. The van der Waals surface area contributed by atoms with Crippen LogP contribution in [0.4, 0.5) is 18.9 Å². The second-order valence-corrected chi connectivity index (χ2v) is 6.78. The van der Waals surface area contributed by atoms with Crippen LogP contribution in [0.1, 0.15) is 24.5 Å². The molecule has 27 heavy (non-hydrogen) atoms. The minimum Gasteiger partial charge on any atom is -0.290 e. The van der Waals surface area contributed by atoms with E-state index in [1.54, 1.807) is 12.1 Å². The quantitative estimate of drug-likeness (QED) is 0.607. The van der Waals surface area contributed by atoms with Gasteiger partial charge in [0.05, 0.1) is 27.2 Å². The SMILES string of the molecule is CCCc1ccc(Cl)cc1Nn1cnc2c(Cl)cc(C(F)(F)F)cc2c1=O. The van der Waals surface area contributed by atoms with Gasteiger partial charge >= 0.3 is 6.18 Å². The number of alkyl halides is 3. The summed E-state index contributed by atoms with van der Waals surface area (Å²) in [5.41, 5.74) is 2.66. The van der Waals surface area contributed by atoms with Crippen molar-refractivity contribution in [2.24, 2.45) is 0 Å². The maximum Gasteiger partial charge on any atom is 0.416 e. The summed E-state index contributed by atoms with van der Waals surface area (Å²) in [5, 5.41) is -0.0102. The molecule has 3 rings (SSSR count). The van der Waals surface area contributed by atoms with Crippen LogP contribution < -0.4 is 11.0 Å². The monoisotopic (exact) mass is 415 g/mol. The standard InChI is InChI=1S/C18H14Cl2F3N3O/c1-2-3-10-4-5-12(19)8-15(10)25-26-9-24-16-13(17(26)27)6-11(7-14(16)20)18(21,22)23/h4-9,25H,2-3H2,1H3. The van der Waals surface area contributed by atoms with E-state index in [1.807, 2.05) is 13.0 Å². The lowest BCUT2D eigenvalue weighted by Crippen LogP contribution is -2.27. The third-order valence-electron chi connectivity index (χ3n) is 3.97. The van der Waals surface area contributed by atoms with Gasteiger partial charge in [0.15, 0.2) is 0 Å². The van der Waals surface area contributed by atoms with Gasteiger partial charge in [-0.1, -0.05) is 42.6 Å². The number of hydrogen-bond donors (Lipinski definition) is 1. The zero-order valence-corrected chi connectivity index (χ0v) is 15.6. The molecule has 1 N–H and O–H groups in total. The highest BCUT2D eigenvalue weighted by molar-refractivity contribution is 6.35. The summed E-state index contributed by atoms with van der Waals surface area (Å²) in [6.45, 7) is 2.00.